The normalized spacial score (nSPS) is 20.9. The first-order valence-corrected chi connectivity index (χ1v) is 8.78. The predicted molar refractivity (Wildman–Crippen MR) is 84.7 cm³/mol. The summed E-state index contributed by atoms with van der Waals surface area (Å²) >= 11 is 0. The van der Waals surface area contributed by atoms with Crippen LogP contribution >= 0.6 is 0 Å². The monoisotopic (exact) mass is 311 g/mol. The van der Waals surface area contributed by atoms with Crippen LogP contribution in [0, 0.1) is 0 Å². The summed E-state index contributed by atoms with van der Waals surface area (Å²) in [5.74, 6) is 0. The van der Waals surface area contributed by atoms with Gasteiger partial charge in [0.1, 0.15) is 0 Å². The van der Waals surface area contributed by atoms with E-state index in [0.717, 1.165) is 25.2 Å². The van der Waals surface area contributed by atoms with Gasteiger partial charge in [-0.1, -0.05) is 12.1 Å². The molecule has 1 aromatic rings. The van der Waals surface area contributed by atoms with E-state index < -0.39 is 10.0 Å². The molecule has 1 aliphatic rings. The van der Waals surface area contributed by atoms with E-state index >= 15 is 0 Å². The molecule has 1 heterocycles. The summed E-state index contributed by atoms with van der Waals surface area (Å²) in [6, 6.07) is 7.79. The number of sulfonamides is 1. The Balaban J connectivity index is 2.03. The molecule has 1 saturated heterocycles. The molecule has 1 atom stereocenters. The molecular weight excluding hydrogens is 286 g/mol. The molecule has 1 aromatic carbocycles. The van der Waals surface area contributed by atoms with Gasteiger partial charge in [0.25, 0.3) is 0 Å². The maximum absolute atomic E-state index is 12.0. The van der Waals surface area contributed by atoms with Gasteiger partial charge in [0, 0.05) is 33.2 Å². The molecule has 0 radical (unpaired) electrons. The van der Waals surface area contributed by atoms with Gasteiger partial charge in [-0.2, -0.15) is 0 Å². The van der Waals surface area contributed by atoms with Gasteiger partial charge < -0.3 is 5.32 Å². The lowest BCUT2D eigenvalue weighted by atomic mass is 10.1. The zero-order valence-corrected chi connectivity index (χ0v) is 13.9. The van der Waals surface area contributed by atoms with E-state index in [1.165, 1.54) is 17.1 Å². The number of rotatable bonds is 5. The molecular formula is C15H25N3O2S. The minimum atomic E-state index is -3.33. The van der Waals surface area contributed by atoms with E-state index in [9.17, 15) is 8.42 Å². The van der Waals surface area contributed by atoms with E-state index in [0.29, 0.717) is 10.9 Å². The lowest BCUT2D eigenvalue weighted by Gasteiger charge is -2.32. The van der Waals surface area contributed by atoms with Crippen molar-refractivity contribution in [2.24, 2.45) is 0 Å². The molecule has 5 nitrogen and oxygen atoms in total. The standard InChI is InChI=1S/C15H25N3O2S/c1-16-14-5-4-10-18(12-14)11-13-6-8-15(9-7-13)21(19,20)17(2)3/h6-9,14,16H,4-5,10-12H2,1-3H3. The molecule has 118 valence electrons. The van der Waals surface area contributed by atoms with E-state index in [2.05, 4.69) is 10.2 Å². The molecule has 1 fully saturated rings. The van der Waals surface area contributed by atoms with Gasteiger partial charge in [0.2, 0.25) is 10.0 Å². The number of likely N-dealkylation sites (tertiary alicyclic amines) is 1. The molecule has 1 aliphatic heterocycles. The third-order valence-corrected chi connectivity index (χ3v) is 5.85. The number of likely N-dealkylation sites (N-methyl/N-ethyl adjacent to an activating group) is 1. The number of hydrogen-bond donors (Lipinski definition) is 1. The first-order valence-electron chi connectivity index (χ1n) is 7.34. The van der Waals surface area contributed by atoms with E-state index in [1.807, 2.05) is 19.2 Å². The minimum Gasteiger partial charge on any atom is -0.316 e. The van der Waals surface area contributed by atoms with Crippen molar-refractivity contribution >= 4 is 10.0 Å². The highest BCUT2D eigenvalue weighted by atomic mass is 32.2. The van der Waals surface area contributed by atoms with Gasteiger partial charge in [0.15, 0.2) is 0 Å². The summed E-state index contributed by atoms with van der Waals surface area (Å²) in [4.78, 5) is 2.77. The third-order valence-electron chi connectivity index (χ3n) is 4.02. The summed E-state index contributed by atoms with van der Waals surface area (Å²) < 4.78 is 25.3. The molecule has 2 rings (SSSR count). The Morgan fingerprint density at radius 3 is 2.52 bits per heavy atom. The molecule has 0 saturated carbocycles. The SMILES string of the molecule is CNC1CCCN(Cc2ccc(S(=O)(=O)N(C)C)cc2)C1. The topological polar surface area (TPSA) is 52.7 Å². The summed E-state index contributed by atoms with van der Waals surface area (Å²) in [6.45, 7) is 3.03. The Morgan fingerprint density at radius 1 is 1.29 bits per heavy atom. The summed E-state index contributed by atoms with van der Waals surface area (Å²) in [5.41, 5.74) is 1.16. The first-order chi connectivity index (χ1) is 9.93. The Morgan fingerprint density at radius 2 is 1.95 bits per heavy atom. The Kier molecular flexibility index (Phi) is 5.37. The van der Waals surface area contributed by atoms with Crippen molar-refractivity contribution in [3.8, 4) is 0 Å². The molecule has 6 heteroatoms. The highest BCUT2D eigenvalue weighted by Gasteiger charge is 2.19. The van der Waals surface area contributed by atoms with Crippen molar-refractivity contribution < 1.29 is 8.42 Å². The minimum absolute atomic E-state index is 0.350. The number of nitrogens with one attached hydrogen (secondary N) is 1. The second kappa shape index (κ2) is 6.87. The van der Waals surface area contributed by atoms with Crippen LogP contribution in [0.1, 0.15) is 18.4 Å². The zero-order valence-electron chi connectivity index (χ0n) is 13.0. The van der Waals surface area contributed by atoms with Crippen LogP contribution in [0.4, 0.5) is 0 Å². The lowest BCUT2D eigenvalue weighted by Crippen LogP contribution is -2.43. The molecule has 21 heavy (non-hydrogen) atoms. The zero-order chi connectivity index (χ0) is 15.5. The van der Waals surface area contributed by atoms with Crippen molar-refractivity contribution in [3.05, 3.63) is 29.8 Å². The summed E-state index contributed by atoms with van der Waals surface area (Å²) in [7, 11) is 1.78. The van der Waals surface area contributed by atoms with Crippen molar-refractivity contribution in [3.63, 3.8) is 0 Å². The Bertz CT molecular complexity index is 555. The smallest absolute Gasteiger partial charge is 0.242 e. The van der Waals surface area contributed by atoms with Gasteiger partial charge in [-0.15, -0.1) is 0 Å². The molecule has 0 aromatic heterocycles. The maximum atomic E-state index is 12.0. The van der Waals surface area contributed by atoms with Crippen molar-refractivity contribution in [1.82, 2.24) is 14.5 Å². The predicted octanol–water partition coefficient (Wildman–Crippen LogP) is 1.12. The average molecular weight is 311 g/mol. The molecule has 0 bridgehead atoms. The quantitative estimate of drug-likeness (QED) is 0.885. The van der Waals surface area contributed by atoms with E-state index in [-0.39, 0.29) is 0 Å². The fourth-order valence-corrected chi connectivity index (χ4v) is 3.57. The molecule has 1 N–H and O–H groups in total. The van der Waals surface area contributed by atoms with Crippen LogP contribution in [0.15, 0.2) is 29.2 Å². The van der Waals surface area contributed by atoms with E-state index in [1.54, 1.807) is 26.2 Å². The van der Waals surface area contributed by atoms with E-state index in [4.69, 9.17) is 0 Å². The molecule has 0 spiro atoms. The number of nitrogens with zero attached hydrogens (tertiary/aromatic N) is 2. The maximum Gasteiger partial charge on any atom is 0.242 e. The van der Waals surface area contributed by atoms with Crippen LogP contribution in [-0.4, -0.2) is 57.9 Å². The fourth-order valence-electron chi connectivity index (χ4n) is 2.67. The van der Waals surface area contributed by atoms with Gasteiger partial charge in [-0.3, -0.25) is 4.90 Å². The van der Waals surface area contributed by atoms with Crippen molar-refractivity contribution in [2.45, 2.75) is 30.3 Å². The Hall–Kier alpha value is -0.950. The van der Waals surface area contributed by atoms with Crippen molar-refractivity contribution in [1.29, 1.82) is 0 Å². The van der Waals surface area contributed by atoms with Crippen LogP contribution in [0.3, 0.4) is 0 Å². The Labute approximate surface area is 128 Å². The lowest BCUT2D eigenvalue weighted by molar-refractivity contribution is 0.188. The average Bonchev–Trinajstić information content (AvgIpc) is 2.48. The highest BCUT2D eigenvalue weighted by molar-refractivity contribution is 7.89. The second-order valence-electron chi connectivity index (χ2n) is 5.79. The van der Waals surface area contributed by atoms with Crippen LogP contribution < -0.4 is 5.32 Å². The number of benzene rings is 1. The molecule has 1 unspecified atom stereocenters. The van der Waals surface area contributed by atoms with Crippen LogP contribution in [0.2, 0.25) is 0 Å². The van der Waals surface area contributed by atoms with Gasteiger partial charge in [-0.05, 0) is 44.1 Å². The molecule has 0 aliphatic carbocycles. The summed E-state index contributed by atoms with van der Waals surface area (Å²) in [5, 5.41) is 3.33. The molecule has 0 amide bonds. The van der Waals surface area contributed by atoms with Crippen LogP contribution in [0.25, 0.3) is 0 Å². The van der Waals surface area contributed by atoms with Gasteiger partial charge >= 0.3 is 0 Å². The van der Waals surface area contributed by atoms with Gasteiger partial charge in [0.05, 0.1) is 4.90 Å². The fraction of sp³-hybridized carbons (Fsp3) is 0.600. The van der Waals surface area contributed by atoms with Crippen molar-refractivity contribution in [2.75, 3.05) is 34.2 Å². The number of hydrogen-bond acceptors (Lipinski definition) is 4. The third kappa shape index (κ3) is 4.03. The largest absolute Gasteiger partial charge is 0.316 e. The van der Waals surface area contributed by atoms with Crippen LogP contribution in [0.5, 0.6) is 0 Å². The van der Waals surface area contributed by atoms with Gasteiger partial charge in [-0.25, -0.2) is 12.7 Å². The highest BCUT2D eigenvalue weighted by Crippen LogP contribution is 2.17. The van der Waals surface area contributed by atoms with Crippen LogP contribution in [-0.2, 0) is 16.6 Å². The summed E-state index contributed by atoms with van der Waals surface area (Å²) in [6.07, 6.45) is 2.44. The first kappa shape index (κ1) is 16.4. The number of piperidine rings is 1. The second-order valence-corrected chi connectivity index (χ2v) is 7.95.